The molecule has 0 aliphatic carbocycles. The van der Waals surface area contributed by atoms with Crippen LogP contribution < -0.4 is 0 Å². The van der Waals surface area contributed by atoms with Crippen molar-refractivity contribution in [2.24, 2.45) is 5.10 Å². The Morgan fingerprint density at radius 2 is 2.03 bits per heavy atom. The van der Waals surface area contributed by atoms with Gasteiger partial charge in [0.15, 0.2) is 21.7 Å². The molecule has 3 atom stereocenters. The Bertz CT molecular complexity index is 1020. The molecule has 1 aromatic rings. The first-order valence-electron chi connectivity index (χ1n) is 9.14. The van der Waals surface area contributed by atoms with E-state index in [0.717, 1.165) is 36.2 Å². The lowest BCUT2D eigenvalue weighted by Gasteiger charge is -2.34. The monoisotopic (exact) mass is 448 g/mol. The molecule has 12 heteroatoms. The molecule has 3 unspecified atom stereocenters. The molecule has 3 heterocycles. The molecule has 4 rings (SSSR count). The molecule has 0 N–H and O–H groups in total. The van der Waals surface area contributed by atoms with Gasteiger partial charge in [-0.3, -0.25) is 4.79 Å². The van der Waals surface area contributed by atoms with Crippen LogP contribution in [0.25, 0.3) is 0 Å². The highest BCUT2D eigenvalue weighted by molar-refractivity contribution is 7.90. The average Bonchev–Trinajstić information content (AvgIpc) is 3.39. The number of methoxy groups -OCH3 is 1. The molecule has 0 aromatic heterocycles. The number of carbonyl (C=O) groups is 1. The number of benzene rings is 1. The highest BCUT2D eigenvalue weighted by Gasteiger charge is 2.80. The maximum absolute atomic E-state index is 13.1. The van der Waals surface area contributed by atoms with Crippen molar-refractivity contribution >= 4 is 22.0 Å². The fourth-order valence-electron chi connectivity index (χ4n) is 3.88. The number of hydrogen-bond acceptors (Lipinski definition) is 7. The van der Waals surface area contributed by atoms with Crippen molar-refractivity contribution in [2.45, 2.75) is 48.0 Å². The highest BCUT2D eigenvalue weighted by atomic mass is 32.2. The van der Waals surface area contributed by atoms with Crippen molar-refractivity contribution in [1.82, 2.24) is 5.01 Å². The van der Waals surface area contributed by atoms with Gasteiger partial charge in [-0.15, -0.1) is 0 Å². The number of rotatable bonds is 4. The molecule has 1 aromatic carbocycles. The second kappa shape index (κ2) is 6.74. The molecule has 0 saturated carbocycles. The van der Waals surface area contributed by atoms with Gasteiger partial charge in [0.05, 0.1) is 16.7 Å². The van der Waals surface area contributed by atoms with Gasteiger partial charge in [0.1, 0.15) is 0 Å². The lowest BCUT2D eigenvalue weighted by molar-refractivity contribution is -0.173. The third-order valence-electron chi connectivity index (χ3n) is 5.43. The van der Waals surface area contributed by atoms with Gasteiger partial charge in [0.2, 0.25) is 0 Å². The minimum Gasteiger partial charge on any atom is -0.356 e. The van der Waals surface area contributed by atoms with Crippen molar-refractivity contribution in [3.05, 3.63) is 29.3 Å². The summed E-state index contributed by atoms with van der Waals surface area (Å²) in [5, 5.41) is 5.19. The van der Waals surface area contributed by atoms with E-state index in [2.05, 4.69) is 5.10 Å². The second-order valence-electron chi connectivity index (χ2n) is 7.35. The zero-order chi connectivity index (χ0) is 21.9. The van der Waals surface area contributed by atoms with Crippen molar-refractivity contribution in [1.29, 1.82) is 0 Å². The fraction of sp³-hybridized carbons (Fsp3) is 0.556. The van der Waals surface area contributed by atoms with E-state index in [4.69, 9.17) is 14.2 Å². The molecule has 1 amide bonds. The van der Waals surface area contributed by atoms with Crippen molar-refractivity contribution in [3.63, 3.8) is 0 Å². The van der Waals surface area contributed by atoms with E-state index >= 15 is 0 Å². The summed E-state index contributed by atoms with van der Waals surface area (Å²) in [5.74, 6) is -2.65. The zero-order valence-corrected chi connectivity index (χ0v) is 16.9. The van der Waals surface area contributed by atoms with Gasteiger partial charge in [-0.2, -0.15) is 23.3 Å². The standard InChI is InChI=1S/C18H19F3N2O6S/c1-27-17-15(24)23(14-5-3-4-8-28-14)22-10-16(17,29-17)12-7-6-11(18(19,20)21)9-13(12)30(2,25)26/h6-7,9-10,14H,3-5,8H2,1-2H3. The molecule has 30 heavy (non-hydrogen) atoms. The summed E-state index contributed by atoms with van der Waals surface area (Å²) in [6.45, 7) is 0.451. The van der Waals surface area contributed by atoms with E-state index in [1.165, 1.54) is 13.3 Å². The summed E-state index contributed by atoms with van der Waals surface area (Å²) in [4.78, 5) is 12.5. The zero-order valence-electron chi connectivity index (χ0n) is 16.1. The summed E-state index contributed by atoms with van der Waals surface area (Å²) in [5.41, 5.74) is -3.05. The maximum atomic E-state index is 13.1. The number of hydrazone groups is 1. The third-order valence-corrected chi connectivity index (χ3v) is 6.57. The van der Waals surface area contributed by atoms with Gasteiger partial charge >= 0.3 is 12.1 Å². The topological polar surface area (TPSA) is 97.8 Å². The van der Waals surface area contributed by atoms with Crippen LogP contribution in [0.2, 0.25) is 0 Å². The van der Waals surface area contributed by atoms with Crippen LogP contribution in [0.1, 0.15) is 30.4 Å². The van der Waals surface area contributed by atoms with E-state index in [1.54, 1.807) is 0 Å². The van der Waals surface area contributed by atoms with Gasteiger partial charge in [0, 0.05) is 25.5 Å². The summed E-state index contributed by atoms with van der Waals surface area (Å²) < 4.78 is 80.6. The van der Waals surface area contributed by atoms with E-state index in [1.807, 2.05) is 0 Å². The van der Waals surface area contributed by atoms with Crippen molar-refractivity contribution in [2.75, 3.05) is 20.0 Å². The molecule has 0 radical (unpaired) electrons. The first-order valence-corrected chi connectivity index (χ1v) is 11.0. The number of amides is 1. The smallest absolute Gasteiger partial charge is 0.356 e. The normalized spacial score (nSPS) is 31.6. The van der Waals surface area contributed by atoms with E-state index in [0.29, 0.717) is 19.1 Å². The molecule has 8 nitrogen and oxygen atoms in total. The van der Waals surface area contributed by atoms with Gasteiger partial charge in [-0.25, -0.2) is 8.42 Å². The van der Waals surface area contributed by atoms with Gasteiger partial charge < -0.3 is 14.2 Å². The molecule has 0 bridgehead atoms. The number of epoxide rings is 1. The largest absolute Gasteiger partial charge is 0.416 e. The fourth-order valence-corrected chi connectivity index (χ4v) is 4.84. The lowest BCUT2D eigenvalue weighted by atomic mass is 9.91. The Balaban J connectivity index is 1.82. The summed E-state index contributed by atoms with van der Waals surface area (Å²) >= 11 is 0. The first kappa shape index (κ1) is 21.2. The number of sulfone groups is 1. The van der Waals surface area contributed by atoms with E-state index in [9.17, 15) is 26.4 Å². The molecular weight excluding hydrogens is 429 g/mol. The Hall–Kier alpha value is -2.02. The van der Waals surface area contributed by atoms with Crippen LogP contribution in [0.5, 0.6) is 0 Å². The summed E-state index contributed by atoms with van der Waals surface area (Å²) in [6, 6.07) is 2.23. The van der Waals surface area contributed by atoms with E-state index in [-0.39, 0.29) is 5.56 Å². The Kier molecular flexibility index (Phi) is 4.77. The molecule has 0 spiro atoms. The average molecular weight is 448 g/mol. The number of halogens is 3. The van der Waals surface area contributed by atoms with Gasteiger partial charge in [0.25, 0.3) is 5.79 Å². The van der Waals surface area contributed by atoms with E-state index < -0.39 is 50.0 Å². The Labute approximate surface area is 170 Å². The number of carbonyl (C=O) groups excluding carboxylic acids is 1. The van der Waals surface area contributed by atoms with Crippen molar-refractivity contribution in [3.8, 4) is 0 Å². The third kappa shape index (κ3) is 3.04. The van der Waals surface area contributed by atoms with Crippen LogP contribution in [-0.2, 0) is 40.6 Å². The molecule has 2 fully saturated rings. The second-order valence-corrected chi connectivity index (χ2v) is 9.34. The Morgan fingerprint density at radius 1 is 1.30 bits per heavy atom. The molecule has 164 valence electrons. The molecule has 3 aliphatic heterocycles. The maximum Gasteiger partial charge on any atom is 0.416 e. The van der Waals surface area contributed by atoms with Gasteiger partial charge in [-0.05, 0) is 31.4 Å². The van der Waals surface area contributed by atoms with Crippen LogP contribution in [0.15, 0.2) is 28.2 Å². The first-order chi connectivity index (χ1) is 14.0. The minimum atomic E-state index is -4.75. The number of nitrogens with zero attached hydrogens (tertiary/aromatic N) is 2. The SMILES string of the molecule is COC12OC1(c1ccc(C(F)(F)F)cc1S(C)(=O)=O)C=NN(C1CCCCO1)C2=O. The lowest BCUT2D eigenvalue weighted by Crippen LogP contribution is -2.52. The molecule has 2 saturated heterocycles. The van der Waals surface area contributed by atoms with Gasteiger partial charge in [-0.1, -0.05) is 6.07 Å². The minimum absolute atomic E-state index is 0.152. The van der Waals surface area contributed by atoms with Crippen LogP contribution in [0, 0.1) is 0 Å². The summed E-state index contributed by atoms with van der Waals surface area (Å²) in [7, 11) is -2.91. The molecule has 3 aliphatic rings. The highest BCUT2D eigenvalue weighted by Crippen LogP contribution is 2.59. The summed E-state index contributed by atoms with van der Waals surface area (Å²) in [6.07, 6.45) is -1.18. The van der Waals surface area contributed by atoms with Crippen LogP contribution in [0.3, 0.4) is 0 Å². The molecular formula is C18H19F3N2O6S. The Morgan fingerprint density at radius 3 is 2.60 bits per heavy atom. The number of alkyl halides is 3. The van der Waals surface area contributed by atoms with Crippen LogP contribution in [-0.4, -0.2) is 57.5 Å². The van der Waals surface area contributed by atoms with Crippen molar-refractivity contribution < 1.29 is 40.6 Å². The number of hydrogen-bond donors (Lipinski definition) is 0. The van der Waals surface area contributed by atoms with Crippen LogP contribution in [0.4, 0.5) is 13.2 Å². The number of fused-ring (bicyclic) bond motifs is 1. The quantitative estimate of drug-likeness (QED) is 0.654. The number of ether oxygens (including phenoxy) is 3. The van der Waals surface area contributed by atoms with Crippen LogP contribution >= 0.6 is 0 Å². The predicted octanol–water partition coefficient (Wildman–Crippen LogP) is 2.03. The predicted molar refractivity (Wildman–Crippen MR) is 96.0 cm³/mol.